The zero-order valence-electron chi connectivity index (χ0n) is 16.2. The molecule has 31 heavy (non-hydrogen) atoms. The van der Waals surface area contributed by atoms with Crippen LogP contribution in [-0.4, -0.2) is 27.9 Å². The van der Waals surface area contributed by atoms with Gasteiger partial charge in [0.15, 0.2) is 5.16 Å². The van der Waals surface area contributed by atoms with E-state index >= 15 is 0 Å². The minimum Gasteiger partial charge on any atom is -0.495 e. The van der Waals surface area contributed by atoms with E-state index in [-0.39, 0.29) is 11.3 Å². The number of ether oxygens (including phenoxy) is 1. The summed E-state index contributed by atoms with van der Waals surface area (Å²) in [6.07, 6.45) is 4.36. The van der Waals surface area contributed by atoms with Crippen LogP contribution in [0.3, 0.4) is 0 Å². The molecule has 3 rings (SSSR count). The number of benzene rings is 2. The van der Waals surface area contributed by atoms with E-state index in [2.05, 4.69) is 15.3 Å². The highest BCUT2D eigenvalue weighted by Gasteiger charge is 2.18. The van der Waals surface area contributed by atoms with Gasteiger partial charge in [-0.3, -0.25) is 14.9 Å². The molecule has 154 valence electrons. The summed E-state index contributed by atoms with van der Waals surface area (Å²) in [6.45, 7) is 0. The number of para-hydroxylation sites is 2. The lowest BCUT2D eigenvalue weighted by Crippen LogP contribution is -2.14. The summed E-state index contributed by atoms with van der Waals surface area (Å²) in [7, 11) is 1.46. The maximum absolute atomic E-state index is 12.5. The third kappa shape index (κ3) is 5.43. The van der Waals surface area contributed by atoms with Crippen LogP contribution in [0, 0.1) is 21.4 Å². The SMILES string of the molecule is COc1ccccc1NC(=O)/C(C#N)=C/c1ccc(Sc2ncccn2)c([N+](=O)[O-])c1. The first-order valence-electron chi connectivity index (χ1n) is 8.81. The summed E-state index contributed by atoms with van der Waals surface area (Å²) in [5.74, 6) is -0.223. The van der Waals surface area contributed by atoms with Crippen LogP contribution in [0.25, 0.3) is 6.08 Å². The minimum absolute atomic E-state index is 0.186. The fourth-order valence-electron chi connectivity index (χ4n) is 2.54. The molecule has 0 saturated heterocycles. The van der Waals surface area contributed by atoms with Crippen LogP contribution >= 0.6 is 11.8 Å². The number of methoxy groups -OCH3 is 1. The van der Waals surface area contributed by atoms with Crippen molar-refractivity contribution in [3.63, 3.8) is 0 Å². The van der Waals surface area contributed by atoms with Crippen LogP contribution in [0.2, 0.25) is 0 Å². The van der Waals surface area contributed by atoms with Gasteiger partial charge in [0.05, 0.1) is 22.6 Å². The van der Waals surface area contributed by atoms with Crippen LogP contribution in [-0.2, 0) is 4.79 Å². The monoisotopic (exact) mass is 433 g/mol. The van der Waals surface area contributed by atoms with Crippen LogP contribution in [0.15, 0.2) is 76.5 Å². The second-order valence-corrected chi connectivity index (χ2v) is 6.95. The Balaban J connectivity index is 1.88. The summed E-state index contributed by atoms with van der Waals surface area (Å²) in [5, 5.41) is 23.9. The van der Waals surface area contributed by atoms with E-state index < -0.39 is 10.8 Å². The second kappa shape index (κ2) is 10.00. The predicted molar refractivity (Wildman–Crippen MR) is 114 cm³/mol. The number of amides is 1. The molecule has 0 radical (unpaired) electrons. The van der Waals surface area contributed by atoms with Crippen molar-refractivity contribution >= 4 is 35.1 Å². The van der Waals surface area contributed by atoms with Crippen molar-refractivity contribution in [1.82, 2.24) is 9.97 Å². The fraction of sp³-hybridized carbons (Fsp3) is 0.0476. The van der Waals surface area contributed by atoms with Gasteiger partial charge in [0.25, 0.3) is 11.6 Å². The molecule has 0 saturated carbocycles. The third-order valence-electron chi connectivity index (χ3n) is 3.95. The molecule has 0 spiro atoms. The molecule has 0 atom stereocenters. The van der Waals surface area contributed by atoms with Crippen molar-refractivity contribution in [1.29, 1.82) is 5.26 Å². The summed E-state index contributed by atoms with van der Waals surface area (Å²) in [6, 6.07) is 14.6. The Morgan fingerprint density at radius 2 is 1.97 bits per heavy atom. The molecule has 1 aromatic heterocycles. The van der Waals surface area contributed by atoms with E-state index in [1.54, 1.807) is 36.4 Å². The number of anilines is 1. The number of hydrogen-bond donors (Lipinski definition) is 1. The standard InChI is InChI=1S/C21H15N5O4S/c1-30-18-6-3-2-5-16(18)25-20(27)15(13-22)11-14-7-8-19(17(12-14)26(28)29)31-21-23-9-4-10-24-21/h2-12H,1H3,(H,25,27)/b15-11+. The lowest BCUT2D eigenvalue weighted by molar-refractivity contribution is -0.387. The lowest BCUT2D eigenvalue weighted by Gasteiger charge is -2.09. The molecule has 0 fully saturated rings. The van der Waals surface area contributed by atoms with Crippen LogP contribution < -0.4 is 10.1 Å². The van der Waals surface area contributed by atoms with Gasteiger partial charge in [0, 0.05) is 18.5 Å². The topological polar surface area (TPSA) is 131 Å². The Morgan fingerprint density at radius 1 is 1.23 bits per heavy atom. The molecule has 10 heteroatoms. The smallest absolute Gasteiger partial charge is 0.283 e. The molecule has 1 N–H and O–H groups in total. The van der Waals surface area contributed by atoms with Gasteiger partial charge in [-0.15, -0.1) is 0 Å². The molecular weight excluding hydrogens is 418 g/mol. The molecule has 2 aromatic carbocycles. The van der Waals surface area contributed by atoms with E-state index in [0.717, 1.165) is 11.8 Å². The highest BCUT2D eigenvalue weighted by molar-refractivity contribution is 7.99. The molecule has 9 nitrogen and oxygen atoms in total. The maximum atomic E-state index is 12.5. The first-order valence-corrected chi connectivity index (χ1v) is 9.63. The van der Waals surface area contributed by atoms with E-state index in [1.807, 2.05) is 6.07 Å². The van der Waals surface area contributed by atoms with Crippen molar-refractivity contribution in [3.05, 3.63) is 82.2 Å². The second-order valence-electron chi connectivity index (χ2n) is 5.94. The number of nitro groups is 1. The van der Waals surface area contributed by atoms with Gasteiger partial charge in [-0.1, -0.05) is 18.2 Å². The highest BCUT2D eigenvalue weighted by atomic mass is 32.2. The molecule has 0 aliphatic rings. The van der Waals surface area contributed by atoms with Crippen molar-refractivity contribution in [2.75, 3.05) is 12.4 Å². The molecule has 1 amide bonds. The fourth-order valence-corrected chi connectivity index (χ4v) is 3.34. The molecule has 0 aliphatic heterocycles. The first kappa shape index (κ1) is 21.5. The Labute approximate surface area is 181 Å². The van der Waals surface area contributed by atoms with E-state index in [4.69, 9.17) is 4.74 Å². The average molecular weight is 433 g/mol. The predicted octanol–water partition coefficient (Wildman–Crippen LogP) is 4.09. The molecule has 1 heterocycles. The van der Waals surface area contributed by atoms with Crippen LogP contribution in [0.4, 0.5) is 11.4 Å². The van der Waals surface area contributed by atoms with Gasteiger partial charge < -0.3 is 10.1 Å². The van der Waals surface area contributed by atoms with Crippen molar-refractivity contribution in [3.8, 4) is 11.8 Å². The number of nitriles is 1. The summed E-state index contributed by atoms with van der Waals surface area (Å²) in [5.41, 5.74) is 0.328. The van der Waals surface area contributed by atoms with E-state index in [9.17, 15) is 20.2 Å². The van der Waals surface area contributed by atoms with Crippen molar-refractivity contribution < 1.29 is 14.5 Å². The molecule has 0 aliphatic carbocycles. The quantitative estimate of drug-likeness (QED) is 0.194. The number of hydrogen-bond acceptors (Lipinski definition) is 8. The Morgan fingerprint density at radius 3 is 2.65 bits per heavy atom. The summed E-state index contributed by atoms with van der Waals surface area (Å²) < 4.78 is 5.18. The van der Waals surface area contributed by atoms with Crippen LogP contribution in [0.1, 0.15) is 5.56 Å². The third-order valence-corrected chi connectivity index (χ3v) is 4.91. The molecule has 0 unspecified atom stereocenters. The number of nitrogens with one attached hydrogen (secondary N) is 1. The molecule has 3 aromatic rings. The number of carbonyl (C=O) groups excluding carboxylic acids is 1. The number of rotatable bonds is 7. The van der Waals surface area contributed by atoms with Gasteiger partial charge in [0.1, 0.15) is 17.4 Å². The lowest BCUT2D eigenvalue weighted by atomic mass is 10.1. The van der Waals surface area contributed by atoms with Gasteiger partial charge in [0.2, 0.25) is 0 Å². The largest absolute Gasteiger partial charge is 0.495 e. The van der Waals surface area contributed by atoms with Gasteiger partial charge in [-0.25, -0.2) is 9.97 Å². The van der Waals surface area contributed by atoms with E-state index in [0.29, 0.717) is 27.1 Å². The zero-order chi connectivity index (χ0) is 22.2. The first-order chi connectivity index (χ1) is 15.0. The molecule has 0 bridgehead atoms. The number of nitro benzene ring substituents is 1. The average Bonchev–Trinajstić information content (AvgIpc) is 2.79. The van der Waals surface area contributed by atoms with E-state index in [1.165, 1.54) is 37.7 Å². The Bertz CT molecular complexity index is 1190. The Kier molecular flexibility index (Phi) is 6.93. The summed E-state index contributed by atoms with van der Waals surface area (Å²) in [4.78, 5) is 32.0. The van der Waals surface area contributed by atoms with Gasteiger partial charge in [-0.2, -0.15) is 5.26 Å². The zero-order valence-corrected chi connectivity index (χ0v) is 17.0. The number of aromatic nitrogens is 2. The van der Waals surface area contributed by atoms with Crippen molar-refractivity contribution in [2.24, 2.45) is 0 Å². The van der Waals surface area contributed by atoms with Crippen LogP contribution in [0.5, 0.6) is 5.75 Å². The summed E-state index contributed by atoms with van der Waals surface area (Å²) >= 11 is 1.05. The maximum Gasteiger partial charge on any atom is 0.283 e. The van der Waals surface area contributed by atoms with Gasteiger partial charge >= 0.3 is 0 Å². The normalized spacial score (nSPS) is 10.8. The van der Waals surface area contributed by atoms with Gasteiger partial charge in [-0.05, 0) is 47.7 Å². The molecular formula is C21H15N5O4S. The minimum atomic E-state index is -0.661. The number of carbonyl (C=O) groups is 1. The van der Waals surface area contributed by atoms with Crippen molar-refractivity contribution in [2.45, 2.75) is 10.1 Å². The number of nitrogens with zero attached hydrogens (tertiary/aromatic N) is 4. The Hall–Kier alpha value is -4.23. The highest BCUT2D eigenvalue weighted by Crippen LogP contribution is 2.34.